The highest BCUT2D eigenvalue weighted by Gasteiger charge is 2.15. The number of hydrogen-bond donors (Lipinski definition) is 0. The lowest BCUT2D eigenvalue weighted by atomic mass is 10.2. The van der Waals surface area contributed by atoms with Crippen LogP contribution in [0.3, 0.4) is 0 Å². The fraction of sp³-hybridized carbons (Fsp3) is 0.0526. The SMILES string of the molecule is Fc1cccc(Cn2c(-c3cccnc3Cl)nc3ccccc32)c1. The van der Waals surface area contributed by atoms with Gasteiger partial charge < -0.3 is 4.57 Å². The standard InChI is InChI=1S/C19H13ClFN3/c20-18-15(7-4-10-22-18)19-23-16-8-1-2-9-17(16)24(19)12-13-5-3-6-14(21)11-13/h1-11H,12H2. The third-order valence-corrected chi connectivity index (χ3v) is 4.19. The van der Waals surface area contributed by atoms with Gasteiger partial charge in [-0.25, -0.2) is 14.4 Å². The monoisotopic (exact) mass is 337 g/mol. The molecular formula is C19H13ClFN3. The van der Waals surface area contributed by atoms with Crippen LogP contribution in [0.25, 0.3) is 22.4 Å². The molecule has 0 aliphatic rings. The molecule has 0 atom stereocenters. The predicted molar refractivity (Wildman–Crippen MR) is 93.5 cm³/mol. The maximum atomic E-state index is 13.5. The van der Waals surface area contributed by atoms with E-state index in [1.165, 1.54) is 12.1 Å². The van der Waals surface area contributed by atoms with Crippen molar-refractivity contribution in [3.05, 3.63) is 83.4 Å². The molecule has 0 aliphatic heterocycles. The molecule has 3 nitrogen and oxygen atoms in total. The Hall–Kier alpha value is -2.72. The number of rotatable bonds is 3. The maximum absolute atomic E-state index is 13.5. The van der Waals surface area contributed by atoms with Crippen LogP contribution >= 0.6 is 11.6 Å². The first-order valence-corrected chi connectivity index (χ1v) is 7.91. The quantitative estimate of drug-likeness (QED) is 0.496. The molecule has 0 saturated heterocycles. The fourth-order valence-electron chi connectivity index (χ4n) is 2.81. The van der Waals surface area contributed by atoms with E-state index in [0.717, 1.165) is 28.0 Å². The first-order chi connectivity index (χ1) is 11.7. The van der Waals surface area contributed by atoms with Crippen molar-refractivity contribution in [3.8, 4) is 11.4 Å². The Morgan fingerprint density at radius 2 is 1.88 bits per heavy atom. The molecule has 118 valence electrons. The second kappa shape index (κ2) is 6.06. The van der Waals surface area contributed by atoms with Crippen molar-refractivity contribution >= 4 is 22.6 Å². The second-order valence-electron chi connectivity index (χ2n) is 5.48. The molecular weight excluding hydrogens is 325 g/mol. The number of hydrogen-bond acceptors (Lipinski definition) is 2. The Morgan fingerprint density at radius 3 is 2.71 bits per heavy atom. The third-order valence-electron chi connectivity index (χ3n) is 3.88. The van der Waals surface area contributed by atoms with Gasteiger partial charge >= 0.3 is 0 Å². The van der Waals surface area contributed by atoms with Crippen LogP contribution in [0.15, 0.2) is 66.9 Å². The fourth-order valence-corrected chi connectivity index (χ4v) is 3.02. The normalized spacial score (nSPS) is 11.1. The highest BCUT2D eigenvalue weighted by Crippen LogP contribution is 2.29. The molecule has 0 unspecified atom stereocenters. The summed E-state index contributed by atoms with van der Waals surface area (Å²) >= 11 is 6.26. The van der Waals surface area contributed by atoms with Gasteiger partial charge in [-0.2, -0.15) is 0 Å². The van der Waals surface area contributed by atoms with Crippen LogP contribution in [-0.4, -0.2) is 14.5 Å². The Balaban J connectivity index is 1.92. The smallest absolute Gasteiger partial charge is 0.144 e. The minimum Gasteiger partial charge on any atom is -0.319 e. The van der Waals surface area contributed by atoms with Crippen LogP contribution in [-0.2, 0) is 6.54 Å². The topological polar surface area (TPSA) is 30.7 Å². The Bertz CT molecular complexity index is 1030. The molecule has 0 radical (unpaired) electrons. The van der Waals surface area contributed by atoms with Gasteiger partial charge in [0.2, 0.25) is 0 Å². The van der Waals surface area contributed by atoms with Gasteiger partial charge in [0, 0.05) is 12.7 Å². The molecule has 0 bridgehead atoms. The number of aromatic nitrogens is 3. The zero-order valence-corrected chi connectivity index (χ0v) is 13.4. The van der Waals surface area contributed by atoms with Gasteiger partial charge in [0.25, 0.3) is 0 Å². The largest absolute Gasteiger partial charge is 0.319 e. The Labute approximate surface area is 143 Å². The van der Waals surface area contributed by atoms with E-state index in [1.807, 2.05) is 47.0 Å². The van der Waals surface area contributed by atoms with E-state index in [9.17, 15) is 4.39 Å². The molecule has 0 fully saturated rings. The molecule has 5 heteroatoms. The minimum absolute atomic E-state index is 0.252. The van der Waals surface area contributed by atoms with Crippen molar-refractivity contribution < 1.29 is 4.39 Å². The number of nitrogens with zero attached hydrogens (tertiary/aromatic N) is 3. The zero-order chi connectivity index (χ0) is 16.5. The second-order valence-corrected chi connectivity index (χ2v) is 5.84. The first-order valence-electron chi connectivity index (χ1n) is 7.53. The van der Waals surface area contributed by atoms with Crippen molar-refractivity contribution in [2.75, 3.05) is 0 Å². The average molecular weight is 338 g/mol. The van der Waals surface area contributed by atoms with E-state index in [2.05, 4.69) is 4.98 Å². The van der Waals surface area contributed by atoms with E-state index >= 15 is 0 Å². The Morgan fingerprint density at radius 1 is 1.00 bits per heavy atom. The lowest BCUT2D eigenvalue weighted by Crippen LogP contribution is -2.03. The molecule has 24 heavy (non-hydrogen) atoms. The summed E-state index contributed by atoms with van der Waals surface area (Å²) in [4.78, 5) is 8.85. The van der Waals surface area contributed by atoms with Crippen molar-refractivity contribution in [3.63, 3.8) is 0 Å². The van der Waals surface area contributed by atoms with Gasteiger partial charge in [-0.3, -0.25) is 0 Å². The van der Waals surface area contributed by atoms with Crippen LogP contribution in [0.5, 0.6) is 0 Å². The van der Waals surface area contributed by atoms with E-state index in [4.69, 9.17) is 16.6 Å². The summed E-state index contributed by atoms with van der Waals surface area (Å²) in [5.41, 5.74) is 3.45. The summed E-state index contributed by atoms with van der Waals surface area (Å²) in [7, 11) is 0. The van der Waals surface area contributed by atoms with Gasteiger partial charge in [0.05, 0.1) is 16.6 Å². The molecule has 0 aliphatic carbocycles. The van der Waals surface area contributed by atoms with Gasteiger partial charge in [-0.15, -0.1) is 0 Å². The summed E-state index contributed by atoms with van der Waals surface area (Å²) in [5, 5.41) is 0.397. The van der Waals surface area contributed by atoms with Gasteiger partial charge in [0.1, 0.15) is 16.8 Å². The minimum atomic E-state index is -0.252. The number of benzene rings is 2. The predicted octanol–water partition coefficient (Wildman–Crippen LogP) is 4.94. The number of para-hydroxylation sites is 2. The van der Waals surface area contributed by atoms with Crippen LogP contribution < -0.4 is 0 Å². The molecule has 2 aromatic carbocycles. The molecule has 0 spiro atoms. The summed E-state index contributed by atoms with van der Waals surface area (Å²) in [6.45, 7) is 0.499. The molecule has 0 amide bonds. The zero-order valence-electron chi connectivity index (χ0n) is 12.7. The van der Waals surface area contributed by atoms with E-state index < -0.39 is 0 Å². The average Bonchev–Trinajstić information content (AvgIpc) is 2.94. The molecule has 4 aromatic rings. The van der Waals surface area contributed by atoms with Crippen molar-refractivity contribution in [2.24, 2.45) is 0 Å². The van der Waals surface area contributed by atoms with Gasteiger partial charge in [-0.05, 0) is 42.0 Å². The highest BCUT2D eigenvalue weighted by atomic mass is 35.5. The Kier molecular flexibility index (Phi) is 3.75. The molecule has 4 rings (SSSR count). The third kappa shape index (κ3) is 2.65. The van der Waals surface area contributed by atoms with E-state index in [-0.39, 0.29) is 5.82 Å². The number of halogens is 2. The van der Waals surface area contributed by atoms with E-state index in [0.29, 0.717) is 11.7 Å². The van der Waals surface area contributed by atoms with Gasteiger partial charge in [-0.1, -0.05) is 35.9 Å². The van der Waals surface area contributed by atoms with Crippen LogP contribution in [0.4, 0.5) is 4.39 Å². The lowest BCUT2D eigenvalue weighted by Gasteiger charge is -2.10. The van der Waals surface area contributed by atoms with Crippen molar-refractivity contribution in [1.29, 1.82) is 0 Å². The molecule has 0 saturated carbocycles. The van der Waals surface area contributed by atoms with Crippen LogP contribution in [0.1, 0.15) is 5.56 Å². The summed E-state index contributed by atoms with van der Waals surface area (Å²) in [5.74, 6) is 0.469. The van der Waals surface area contributed by atoms with Crippen molar-refractivity contribution in [2.45, 2.75) is 6.54 Å². The number of imidazole rings is 1. The lowest BCUT2D eigenvalue weighted by molar-refractivity contribution is 0.624. The summed E-state index contributed by atoms with van der Waals surface area (Å²) < 4.78 is 15.6. The van der Waals surface area contributed by atoms with Gasteiger partial charge in [0.15, 0.2) is 0 Å². The van der Waals surface area contributed by atoms with Crippen molar-refractivity contribution in [1.82, 2.24) is 14.5 Å². The highest BCUT2D eigenvalue weighted by molar-refractivity contribution is 6.32. The van der Waals surface area contributed by atoms with E-state index in [1.54, 1.807) is 12.3 Å². The van der Waals surface area contributed by atoms with Crippen LogP contribution in [0, 0.1) is 5.82 Å². The summed E-state index contributed by atoms with van der Waals surface area (Å²) in [6, 6.07) is 18.1. The molecule has 2 heterocycles. The first kappa shape index (κ1) is 14.8. The molecule has 0 N–H and O–H groups in total. The maximum Gasteiger partial charge on any atom is 0.144 e. The number of pyridine rings is 1. The number of fused-ring (bicyclic) bond motifs is 1. The molecule has 2 aromatic heterocycles. The van der Waals surface area contributed by atoms with Crippen LogP contribution in [0.2, 0.25) is 5.15 Å². The summed E-state index contributed by atoms with van der Waals surface area (Å²) in [6.07, 6.45) is 1.64.